The minimum Gasteiger partial charge on any atom is -0.475 e. The summed E-state index contributed by atoms with van der Waals surface area (Å²) in [7, 11) is 0. The maximum Gasteiger partial charge on any atom is 0.377 e. The van der Waals surface area contributed by atoms with Gasteiger partial charge in [-0.15, -0.1) is 0 Å². The van der Waals surface area contributed by atoms with Crippen LogP contribution in [0.2, 0.25) is 0 Å². The van der Waals surface area contributed by atoms with Gasteiger partial charge in [-0.3, -0.25) is 4.79 Å². The summed E-state index contributed by atoms with van der Waals surface area (Å²) in [6.45, 7) is 4.74. The van der Waals surface area contributed by atoms with E-state index in [-0.39, 0.29) is 11.0 Å². The van der Waals surface area contributed by atoms with Crippen LogP contribution in [0.3, 0.4) is 0 Å². The zero-order chi connectivity index (χ0) is 14.7. The molecule has 1 aliphatic heterocycles. The molecule has 1 aliphatic rings. The van der Waals surface area contributed by atoms with Crippen molar-refractivity contribution in [2.45, 2.75) is 32.2 Å². The van der Waals surface area contributed by atoms with Gasteiger partial charge in [0.15, 0.2) is 0 Å². The molecule has 1 aromatic carbocycles. The number of Topliss-reactive ketones (excluding diaryl/α,β-unsaturated/α-hetero) is 1. The summed E-state index contributed by atoms with van der Waals surface area (Å²) in [5.74, 6) is -2.96. The number of carboxylic acids is 1. The zero-order valence-electron chi connectivity index (χ0n) is 11.2. The van der Waals surface area contributed by atoms with Gasteiger partial charge < -0.3 is 9.67 Å². The molecule has 5 heteroatoms. The van der Waals surface area contributed by atoms with Crippen molar-refractivity contribution in [2.24, 2.45) is 0 Å². The lowest BCUT2D eigenvalue weighted by atomic mass is 9.78. The third-order valence-electron chi connectivity index (χ3n) is 4.08. The topological polar surface area (TPSA) is 59.3 Å². The molecule has 2 heterocycles. The molecule has 0 radical (unpaired) electrons. The second kappa shape index (κ2) is 3.91. The van der Waals surface area contributed by atoms with E-state index in [0.717, 1.165) is 17.5 Å². The third-order valence-corrected chi connectivity index (χ3v) is 4.08. The summed E-state index contributed by atoms with van der Waals surface area (Å²) < 4.78 is 15.7. The van der Waals surface area contributed by atoms with Crippen molar-refractivity contribution >= 4 is 22.7 Å². The fourth-order valence-corrected chi connectivity index (χ4v) is 2.93. The molecule has 0 saturated carbocycles. The van der Waals surface area contributed by atoms with Crippen molar-refractivity contribution in [3.05, 3.63) is 35.3 Å². The van der Waals surface area contributed by atoms with E-state index in [1.807, 2.05) is 18.4 Å². The number of halogens is 1. The Hall–Kier alpha value is -2.17. The Kier molecular flexibility index (Phi) is 2.51. The van der Waals surface area contributed by atoms with Crippen molar-refractivity contribution in [1.29, 1.82) is 0 Å². The molecule has 0 atom stereocenters. The van der Waals surface area contributed by atoms with Crippen LogP contribution < -0.4 is 0 Å². The number of carbonyl (C=O) groups is 2. The van der Waals surface area contributed by atoms with Gasteiger partial charge in [0.25, 0.3) is 5.78 Å². The second-order valence-electron chi connectivity index (χ2n) is 5.85. The Morgan fingerprint density at radius 3 is 2.70 bits per heavy atom. The predicted molar refractivity (Wildman–Crippen MR) is 71.5 cm³/mol. The Labute approximate surface area is 114 Å². The number of hydrogen-bond donors (Lipinski definition) is 1. The predicted octanol–water partition coefficient (Wildman–Crippen LogP) is 2.73. The number of aliphatic carboxylic acids is 1. The summed E-state index contributed by atoms with van der Waals surface area (Å²) in [6, 6.07) is 2.72. The fourth-order valence-electron chi connectivity index (χ4n) is 2.93. The van der Waals surface area contributed by atoms with Crippen molar-refractivity contribution < 1.29 is 19.1 Å². The standard InChI is InChI=1S/C15H14FNO3/c1-15(2)3-4-17-7-10(13(18)14(19)20)9-5-8(16)6-11(15)12(9)17/h5-7H,3-4H2,1-2H3,(H,19,20). The average molecular weight is 275 g/mol. The van der Waals surface area contributed by atoms with Crippen LogP contribution in [0, 0.1) is 5.82 Å². The van der Waals surface area contributed by atoms with Gasteiger partial charge >= 0.3 is 5.97 Å². The maximum absolute atomic E-state index is 13.8. The quantitative estimate of drug-likeness (QED) is 0.677. The molecule has 104 valence electrons. The smallest absolute Gasteiger partial charge is 0.377 e. The molecule has 1 N–H and O–H groups in total. The Bertz CT molecular complexity index is 758. The van der Waals surface area contributed by atoms with Gasteiger partial charge in [-0.05, 0) is 29.5 Å². The fraction of sp³-hybridized carbons (Fsp3) is 0.333. The first-order valence-electron chi connectivity index (χ1n) is 6.42. The lowest BCUT2D eigenvalue weighted by molar-refractivity contribution is -0.131. The number of carbonyl (C=O) groups excluding carboxylic acids is 1. The maximum atomic E-state index is 13.8. The molecule has 20 heavy (non-hydrogen) atoms. The third kappa shape index (κ3) is 1.66. The van der Waals surface area contributed by atoms with Crippen LogP contribution in [0.4, 0.5) is 4.39 Å². The first-order valence-corrected chi connectivity index (χ1v) is 6.42. The number of nitrogens with zero attached hydrogens (tertiary/aromatic N) is 1. The van der Waals surface area contributed by atoms with Crippen LogP contribution in [0.5, 0.6) is 0 Å². The van der Waals surface area contributed by atoms with Crippen LogP contribution in [0.15, 0.2) is 18.3 Å². The van der Waals surface area contributed by atoms with E-state index >= 15 is 0 Å². The highest BCUT2D eigenvalue weighted by Gasteiger charge is 2.32. The van der Waals surface area contributed by atoms with Crippen LogP contribution in [0.1, 0.15) is 36.2 Å². The minimum atomic E-state index is -1.52. The van der Waals surface area contributed by atoms with Crippen LogP contribution in [-0.4, -0.2) is 21.4 Å². The highest BCUT2D eigenvalue weighted by molar-refractivity contribution is 6.42. The second-order valence-corrected chi connectivity index (χ2v) is 5.85. The van der Waals surface area contributed by atoms with Crippen molar-refractivity contribution in [1.82, 2.24) is 4.57 Å². The van der Waals surface area contributed by atoms with Crippen molar-refractivity contribution in [3.63, 3.8) is 0 Å². The lowest BCUT2D eigenvalue weighted by Crippen LogP contribution is -2.25. The van der Waals surface area contributed by atoms with Crippen molar-refractivity contribution in [3.8, 4) is 0 Å². The van der Waals surface area contributed by atoms with Gasteiger partial charge in [-0.2, -0.15) is 0 Å². The highest BCUT2D eigenvalue weighted by Crippen LogP contribution is 2.40. The van der Waals surface area contributed by atoms with Crippen LogP contribution in [0.25, 0.3) is 10.9 Å². The summed E-state index contributed by atoms with van der Waals surface area (Å²) in [5.41, 5.74) is 1.46. The zero-order valence-corrected chi connectivity index (χ0v) is 11.2. The van der Waals surface area contributed by atoms with Gasteiger partial charge in [0.05, 0.1) is 11.1 Å². The van der Waals surface area contributed by atoms with E-state index in [2.05, 4.69) is 0 Å². The number of carboxylic acid groups (broad SMARTS) is 1. The van der Waals surface area contributed by atoms with E-state index in [9.17, 15) is 14.0 Å². The number of rotatable bonds is 2. The molecule has 0 aliphatic carbocycles. The molecule has 4 nitrogen and oxygen atoms in total. The largest absolute Gasteiger partial charge is 0.475 e. The molecule has 2 aromatic rings. The van der Waals surface area contributed by atoms with E-state index in [0.29, 0.717) is 11.9 Å². The summed E-state index contributed by atoms with van der Waals surface area (Å²) in [4.78, 5) is 22.7. The first-order chi connectivity index (χ1) is 9.31. The number of benzene rings is 1. The average Bonchev–Trinajstić information content (AvgIpc) is 2.72. The minimum absolute atomic E-state index is 0.0611. The summed E-state index contributed by atoms with van der Waals surface area (Å²) in [5, 5.41) is 9.27. The highest BCUT2D eigenvalue weighted by atomic mass is 19.1. The molecule has 0 bridgehead atoms. The molecule has 1 aromatic heterocycles. The number of aryl methyl sites for hydroxylation is 1. The van der Waals surface area contributed by atoms with Gasteiger partial charge in [0.1, 0.15) is 5.82 Å². The number of aromatic nitrogens is 1. The Morgan fingerprint density at radius 2 is 2.05 bits per heavy atom. The van der Waals surface area contributed by atoms with Crippen LogP contribution >= 0.6 is 0 Å². The molecule has 3 rings (SSSR count). The van der Waals surface area contributed by atoms with E-state index in [1.54, 1.807) is 0 Å². The molecule has 0 spiro atoms. The normalized spacial score (nSPS) is 16.4. The van der Waals surface area contributed by atoms with Gasteiger partial charge in [-0.1, -0.05) is 13.8 Å². The van der Waals surface area contributed by atoms with E-state index in [1.165, 1.54) is 18.3 Å². The number of ketones is 1. The molecule has 0 amide bonds. The monoisotopic (exact) mass is 275 g/mol. The van der Waals surface area contributed by atoms with Gasteiger partial charge in [0.2, 0.25) is 0 Å². The Morgan fingerprint density at radius 1 is 1.35 bits per heavy atom. The van der Waals surface area contributed by atoms with Crippen molar-refractivity contribution in [2.75, 3.05) is 0 Å². The molecule has 0 saturated heterocycles. The molecular formula is C15H14FNO3. The first kappa shape index (κ1) is 12.8. The molecular weight excluding hydrogens is 261 g/mol. The lowest BCUT2D eigenvalue weighted by Gasteiger charge is -2.31. The summed E-state index contributed by atoms with van der Waals surface area (Å²) in [6.07, 6.45) is 2.34. The number of hydrogen-bond acceptors (Lipinski definition) is 2. The van der Waals surface area contributed by atoms with Gasteiger partial charge in [0, 0.05) is 18.1 Å². The van der Waals surface area contributed by atoms with E-state index < -0.39 is 17.6 Å². The molecule has 0 unspecified atom stereocenters. The molecule has 0 fully saturated rings. The van der Waals surface area contributed by atoms with E-state index in [4.69, 9.17) is 5.11 Å². The Balaban J connectivity index is 2.39. The SMILES string of the molecule is CC1(C)CCn2cc(C(=O)C(=O)O)c3cc(F)cc1c32. The van der Waals surface area contributed by atoms with Crippen LogP contribution in [-0.2, 0) is 16.8 Å². The summed E-state index contributed by atoms with van der Waals surface area (Å²) >= 11 is 0. The van der Waals surface area contributed by atoms with Gasteiger partial charge in [-0.25, -0.2) is 9.18 Å².